The van der Waals surface area contributed by atoms with E-state index in [4.69, 9.17) is 4.74 Å². The van der Waals surface area contributed by atoms with Crippen LogP contribution in [0.5, 0.6) is 0 Å². The number of hydrogen-bond acceptors (Lipinski definition) is 6. The third kappa shape index (κ3) is 3.53. The Morgan fingerprint density at radius 2 is 2.00 bits per heavy atom. The van der Waals surface area contributed by atoms with Crippen molar-refractivity contribution in [3.8, 4) is 0 Å². The average molecular weight is 441 g/mol. The normalized spacial score (nSPS) is 35.8. The number of nitrogens with zero attached hydrogens (tertiary/aromatic N) is 1. The van der Waals surface area contributed by atoms with Crippen molar-refractivity contribution in [3.05, 3.63) is 0 Å². The molecule has 3 aliphatic heterocycles. The van der Waals surface area contributed by atoms with Gasteiger partial charge in [-0.25, -0.2) is 0 Å². The zero-order chi connectivity index (χ0) is 22.4. The van der Waals surface area contributed by atoms with Crippen LogP contribution < -0.4 is 5.32 Å². The van der Waals surface area contributed by atoms with Gasteiger partial charge in [0, 0.05) is 11.3 Å². The highest BCUT2D eigenvalue weighted by Gasteiger charge is 2.76. The summed E-state index contributed by atoms with van der Waals surface area (Å²) >= 11 is 1.63. The quantitative estimate of drug-likeness (QED) is 0.559. The standard InChI is InChI=1S/C22H36N2O5S/c1-7-29-21(28)16-15-9-13(6)22(30-15)17(16)20(27)24(14(10-25)8-11(2)3)18(22)19(26)23-12(4)5/h11-18,25H,7-10H2,1-6H3,(H,23,26)/t13?,14-,15+,16-,17+,18?,22?/m1/s1. The summed E-state index contributed by atoms with van der Waals surface area (Å²) in [4.78, 5) is 41.8. The minimum absolute atomic E-state index is 0.0119. The van der Waals surface area contributed by atoms with Gasteiger partial charge in [0.05, 0.1) is 35.8 Å². The van der Waals surface area contributed by atoms with Gasteiger partial charge in [0.25, 0.3) is 0 Å². The molecule has 7 atom stereocenters. The maximum absolute atomic E-state index is 13.8. The van der Waals surface area contributed by atoms with Crippen LogP contribution in [0.15, 0.2) is 0 Å². The van der Waals surface area contributed by atoms with E-state index in [9.17, 15) is 19.5 Å². The third-order valence-corrected chi connectivity index (χ3v) is 8.85. The highest BCUT2D eigenvalue weighted by atomic mass is 32.2. The molecule has 2 bridgehead atoms. The molecule has 2 amide bonds. The lowest BCUT2D eigenvalue weighted by Gasteiger charge is -2.40. The molecule has 1 spiro atoms. The number of fused-ring (bicyclic) bond motifs is 1. The van der Waals surface area contributed by atoms with E-state index >= 15 is 0 Å². The van der Waals surface area contributed by atoms with Crippen molar-refractivity contribution < 1.29 is 24.2 Å². The molecule has 3 rings (SSSR count). The number of amides is 2. The topological polar surface area (TPSA) is 95.9 Å². The Bertz CT molecular complexity index is 699. The molecule has 2 N–H and O–H groups in total. The SMILES string of the molecule is CCOC(=O)[C@@H]1[C@@H]2CC(C)C3(S2)C(C(=O)NC(C)C)N([C@@H](CO)CC(C)C)C(=O)[C@H]13. The fourth-order valence-electron chi connectivity index (χ4n) is 5.84. The van der Waals surface area contributed by atoms with Gasteiger partial charge in [0.15, 0.2) is 0 Å². The molecule has 0 aromatic rings. The van der Waals surface area contributed by atoms with Crippen LogP contribution >= 0.6 is 11.8 Å². The van der Waals surface area contributed by atoms with Crippen molar-refractivity contribution in [2.24, 2.45) is 23.7 Å². The van der Waals surface area contributed by atoms with E-state index in [2.05, 4.69) is 12.2 Å². The number of nitrogens with one attached hydrogen (secondary N) is 1. The molecule has 0 radical (unpaired) electrons. The maximum atomic E-state index is 13.8. The second-order valence-corrected chi connectivity index (χ2v) is 11.2. The Kier molecular flexibility index (Phi) is 6.77. The number of ether oxygens (including phenoxy) is 1. The predicted octanol–water partition coefficient (Wildman–Crippen LogP) is 1.82. The lowest BCUT2D eigenvalue weighted by Crippen LogP contribution is -2.59. The second-order valence-electron chi connectivity index (χ2n) is 9.68. The summed E-state index contributed by atoms with van der Waals surface area (Å²) in [6, 6.07) is -1.21. The van der Waals surface area contributed by atoms with E-state index in [0.717, 1.165) is 6.42 Å². The van der Waals surface area contributed by atoms with Crippen molar-refractivity contribution in [1.29, 1.82) is 0 Å². The number of aliphatic hydroxyl groups excluding tert-OH is 1. The molecule has 3 heterocycles. The first-order valence-corrected chi connectivity index (χ1v) is 12.1. The number of carbonyl (C=O) groups is 3. The second kappa shape index (κ2) is 8.69. The van der Waals surface area contributed by atoms with E-state index < -0.39 is 28.7 Å². The lowest BCUT2D eigenvalue weighted by molar-refractivity contribution is -0.154. The Labute approximate surface area is 183 Å². The van der Waals surface area contributed by atoms with Crippen LogP contribution in [0.4, 0.5) is 0 Å². The Morgan fingerprint density at radius 1 is 1.33 bits per heavy atom. The number of esters is 1. The number of carbonyl (C=O) groups excluding carboxylic acids is 3. The zero-order valence-electron chi connectivity index (χ0n) is 18.9. The van der Waals surface area contributed by atoms with Crippen molar-refractivity contribution in [2.45, 2.75) is 82.5 Å². The molecule has 3 fully saturated rings. The first-order chi connectivity index (χ1) is 14.1. The maximum Gasteiger partial charge on any atom is 0.310 e. The molecular weight excluding hydrogens is 404 g/mol. The van der Waals surface area contributed by atoms with Gasteiger partial charge in [0.1, 0.15) is 6.04 Å². The van der Waals surface area contributed by atoms with Crippen molar-refractivity contribution in [3.63, 3.8) is 0 Å². The minimum atomic E-state index is -0.697. The lowest BCUT2D eigenvalue weighted by atomic mass is 9.66. The van der Waals surface area contributed by atoms with Gasteiger partial charge in [-0.2, -0.15) is 0 Å². The summed E-state index contributed by atoms with van der Waals surface area (Å²) in [5.41, 5.74) is 0. The molecular formula is C22H36N2O5S. The van der Waals surface area contributed by atoms with Gasteiger partial charge < -0.3 is 20.1 Å². The van der Waals surface area contributed by atoms with Crippen molar-refractivity contribution >= 4 is 29.5 Å². The van der Waals surface area contributed by atoms with Crippen LogP contribution in [-0.2, 0) is 19.1 Å². The van der Waals surface area contributed by atoms with E-state index in [-0.39, 0.29) is 54.1 Å². The van der Waals surface area contributed by atoms with E-state index in [0.29, 0.717) is 6.42 Å². The molecule has 30 heavy (non-hydrogen) atoms. The van der Waals surface area contributed by atoms with Crippen LogP contribution in [0.3, 0.4) is 0 Å². The molecule has 0 saturated carbocycles. The van der Waals surface area contributed by atoms with Gasteiger partial charge in [-0.15, -0.1) is 11.8 Å². The number of likely N-dealkylation sites (tertiary alicyclic amines) is 1. The summed E-state index contributed by atoms with van der Waals surface area (Å²) in [5, 5.41) is 13.2. The van der Waals surface area contributed by atoms with Crippen molar-refractivity contribution in [1.82, 2.24) is 10.2 Å². The fourth-order valence-corrected chi connectivity index (χ4v) is 8.24. The van der Waals surface area contributed by atoms with Crippen LogP contribution in [0, 0.1) is 23.7 Å². The molecule has 0 aromatic carbocycles. The van der Waals surface area contributed by atoms with Crippen LogP contribution in [0.2, 0.25) is 0 Å². The van der Waals surface area contributed by atoms with Crippen LogP contribution in [-0.4, -0.2) is 69.1 Å². The Morgan fingerprint density at radius 3 is 2.53 bits per heavy atom. The molecule has 0 aromatic heterocycles. The predicted molar refractivity (Wildman–Crippen MR) is 116 cm³/mol. The van der Waals surface area contributed by atoms with E-state index in [1.54, 1.807) is 23.6 Å². The highest BCUT2D eigenvalue weighted by Crippen LogP contribution is 2.69. The molecule has 3 unspecified atom stereocenters. The average Bonchev–Trinajstić information content (AvgIpc) is 3.23. The van der Waals surface area contributed by atoms with E-state index in [1.165, 1.54) is 0 Å². The van der Waals surface area contributed by atoms with E-state index in [1.807, 2.05) is 27.7 Å². The molecule has 7 nitrogen and oxygen atoms in total. The molecule has 8 heteroatoms. The Balaban J connectivity index is 2.09. The largest absolute Gasteiger partial charge is 0.466 e. The summed E-state index contributed by atoms with van der Waals surface area (Å²) in [6.45, 7) is 11.8. The zero-order valence-corrected chi connectivity index (χ0v) is 19.7. The van der Waals surface area contributed by atoms with Crippen LogP contribution in [0.1, 0.15) is 54.4 Å². The summed E-state index contributed by atoms with van der Waals surface area (Å²) < 4.78 is 4.68. The number of thioether (sulfide) groups is 1. The first-order valence-electron chi connectivity index (χ1n) is 11.2. The molecule has 3 aliphatic rings. The van der Waals surface area contributed by atoms with Gasteiger partial charge in [-0.1, -0.05) is 20.8 Å². The van der Waals surface area contributed by atoms with Crippen molar-refractivity contribution in [2.75, 3.05) is 13.2 Å². The number of aliphatic hydroxyl groups is 1. The number of rotatable bonds is 8. The summed E-state index contributed by atoms with van der Waals surface area (Å²) in [6.07, 6.45) is 1.38. The van der Waals surface area contributed by atoms with Gasteiger partial charge in [0.2, 0.25) is 11.8 Å². The smallest absolute Gasteiger partial charge is 0.310 e. The highest BCUT2D eigenvalue weighted by molar-refractivity contribution is 8.02. The fraction of sp³-hybridized carbons (Fsp3) is 0.864. The Hall–Kier alpha value is -1.28. The summed E-state index contributed by atoms with van der Waals surface area (Å²) in [7, 11) is 0. The molecule has 170 valence electrons. The van der Waals surface area contributed by atoms with Gasteiger partial charge in [-0.3, -0.25) is 14.4 Å². The van der Waals surface area contributed by atoms with Gasteiger partial charge >= 0.3 is 5.97 Å². The monoisotopic (exact) mass is 440 g/mol. The number of hydrogen-bond donors (Lipinski definition) is 2. The molecule has 3 saturated heterocycles. The minimum Gasteiger partial charge on any atom is -0.466 e. The first kappa shape index (κ1) is 23.4. The summed E-state index contributed by atoms with van der Waals surface area (Å²) in [5.74, 6) is -1.46. The van der Waals surface area contributed by atoms with Gasteiger partial charge in [-0.05, 0) is 45.4 Å². The molecule has 0 aliphatic carbocycles. The van der Waals surface area contributed by atoms with Crippen LogP contribution in [0.25, 0.3) is 0 Å². The third-order valence-electron chi connectivity index (χ3n) is 6.77.